The summed E-state index contributed by atoms with van der Waals surface area (Å²) in [5.74, 6) is 0. The van der Waals surface area contributed by atoms with Gasteiger partial charge in [-0.15, -0.1) is 0 Å². The lowest BCUT2D eigenvalue weighted by molar-refractivity contribution is 0.675. The van der Waals surface area contributed by atoms with Crippen LogP contribution >= 0.6 is 15.9 Å². The van der Waals surface area contributed by atoms with E-state index in [-0.39, 0.29) is 6.04 Å². The summed E-state index contributed by atoms with van der Waals surface area (Å²) in [6.07, 6.45) is 2.79. The first kappa shape index (κ1) is 15.0. The van der Waals surface area contributed by atoms with Crippen LogP contribution in [0.5, 0.6) is 0 Å². The number of pyridine rings is 1. The second kappa shape index (κ2) is 6.86. The van der Waals surface area contributed by atoms with Crippen molar-refractivity contribution in [3.63, 3.8) is 0 Å². The van der Waals surface area contributed by atoms with Crippen molar-refractivity contribution < 1.29 is 0 Å². The largest absolute Gasteiger partial charge is 0.369 e. The summed E-state index contributed by atoms with van der Waals surface area (Å²) in [7, 11) is 2.07. The van der Waals surface area contributed by atoms with E-state index in [1.807, 2.05) is 18.3 Å². The Morgan fingerprint density at radius 1 is 1.30 bits per heavy atom. The van der Waals surface area contributed by atoms with Crippen LogP contribution in [0.3, 0.4) is 0 Å². The van der Waals surface area contributed by atoms with Gasteiger partial charge in [-0.2, -0.15) is 0 Å². The van der Waals surface area contributed by atoms with Gasteiger partial charge < -0.3 is 10.6 Å². The zero-order valence-electron chi connectivity index (χ0n) is 11.9. The van der Waals surface area contributed by atoms with Crippen LogP contribution in [0, 0.1) is 0 Å². The number of nitrogens with zero attached hydrogens (tertiary/aromatic N) is 2. The molecule has 106 valence electrons. The smallest absolute Gasteiger partial charge is 0.0572 e. The third kappa shape index (κ3) is 3.81. The van der Waals surface area contributed by atoms with Crippen molar-refractivity contribution in [3.05, 3.63) is 58.3 Å². The van der Waals surface area contributed by atoms with E-state index in [1.54, 1.807) is 0 Å². The second-order valence-corrected chi connectivity index (χ2v) is 5.86. The van der Waals surface area contributed by atoms with Crippen LogP contribution in [0.1, 0.15) is 30.6 Å². The fourth-order valence-corrected chi connectivity index (χ4v) is 2.50. The number of anilines is 1. The van der Waals surface area contributed by atoms with Gasteiger partial charge in [0.1, 0.15) is 0 Å². The highest BCUT2D eigenvalue weighted by atomic mass is 79.9. The van der Waals surface area contributed by atoms with Crippen LogP contribution in [0.2, 0.25) is 0 Å². The molecule has 0 aliphatic rings. The zero-order valence-corrected chi connectivity index (χ0v) is 13.5. The van der Waals surface area contributed by atoms with Crippen molar-refractivity contribution in [3.8, 4) is 0 Å². The first-order valence-electron chi connectivity index (χ1n) is 6.77. The van der Waals surface area contributed by atoms with Gasteiger partial charge in [0.15, 0.2) is 0 Å². The molecule has 4 heteroatoms. The standard InChI is InChI=1S/C16H20BrN3/c1-3-15(18)16-8-7-14(10-19-16)20(2)11-12-5-4-6-13(17)9-12/h4-10,15H,3,11,18H2,1-2H3/t15-/m0/s1. The minimum atomic E-state index is 0.0273. The molecule has 1 atom stereocenters. The van der Waals surface area contributed by atoms with Gasteiger partial charge in [-0.1, -0.05) is 35.0 Å². The monoisotopic (exact) mass is 333 g/mol. The van der Waals surface area contributed by atoms with Crippen molar-refractivity contribution in [2.75, 3.05) is 11.9 Å². The van der Waals surface area contributed by atoms with Crippen molar-refractivity contribution in [2.24, 2.45) is 5.73 Å². The fraction of sp³-hybridized carbons (Fsp3) is 0.312. The summed E-state index contributed by atoms with van der Waals surface area (Å²) in [6.45, 7) is 2.92. The summed E-state index contributed by atoms with van der Waals surface area (Å²) in [6, 6.07) is 12.5. The van der Waals surface area contributed by atoms with E-state index >= 15 is 0 Å². The van der Waals surface area contributed by atoms with Gasteiger partial charge in [-0.25, -0.2) is 0 Å². The van der Waals surface area contributed by atoms with Crippen LogP contribution in [0.15, 0.2) is 47.1 Å². The first-order valence-corrected chi connectivity index (χ1v) is 7.56. The molecule has 0 amide bonds. The van der Waals surface area contributed by atoms with Crippen LogP contribution in [-0.2, 0) is 6.54 Å². The molecule has 0 bridgehead atoms. The minimum absolute atomic E-state index is 0.0273. The fourth-order valence-electron chi connectivity index (χ4n) is 2.05. The molecular weight excluding hydrogens is 314 g/mol. The molecule has 0 fully saturated rings. The lowest BCUT2D eigenvalue weighted by Crippen LogP contribution is -2.17. The first-order chi connectivity index (χ1) is 9.60. The quantitative estimate of drug-likeness (QED) is 0.902. The molecule has 0 aliphatic carbocycles. The predicted octanol–water partition coefficient (Wildman–Crippen LogP) is 3.89. The highest BCUT2D eigenvalue weighted by molar-refractivity contribution is 9.10. The Morgan fingerprint density at radius 3 is 2.70 bits per heavy atom. The molecule has 0 unspecified atom stereocenters. The van der Waals surface area contributed by atoms with E-state index in [4.69, 9.17) is 5.73 Å². The molecule has 1 heterocycles. The molecule has 20 heavy (non-hydrogen) atoms. The number of halogens is 1. The van der Waals surface area contributed by atoms with Gasteiger partial charge in [0.05, 0.1) is 17.6 Å². The highest BCUT2D eigenvalue weighted by Crippen LogP contribution is 2.19. The Hall–Kier alpha value is -1.39. The molecule has 1 aromatic heterocycles. The SMILES string of the molecule is CC[C@H](N)c1ccc(N(C)Cc2cccc(Br)c2)cn1. The van der Waals surface area contributed by atoms with Crippen LogP contribution in [0.25, 0.3) is 0 Å². The van der Waals surface area contributed by atoms with E-state index in [0.717, 1.165) is 28.8 Å². The Labute approximate surface area is 129 Å². The predicted molar refractivity (Wildman–Crippen MR) is 87.7 cm³/mol. The van der Waals surface area contributed by atoms with Gasteiger partial charge >= 0.3 is 0 Å². The molecule has 3 nitrogen and oxygen atoms in total. The highest BCUT2D eigenvalue weighted by Gasteiger charge is 2.07. The normalized spacial score (nSPS) is 12.2. The number of nitrogens with two attached hydrogens (primary N) is 1. The lowest BCUT2D eigenvalue weighted by atomic mass is 10.1. The maximum absolute atomic E-state index is 5.98. The van der Waals surface area contributed by atoms with E-state index in [2.05, 4.69) is 64.1 Å². The van der Waals surface area contributed by atoms with E-state index in [9.17, 15) is 0 Å². The molecule has 0 aliphatic heterocycles. The Kier molecular flexibility index (Phi) is 5.15. The third-order valence-corrected chi connectivity index (χ3v) is 3.83. The van der Waals surface area contributed by atoms with Crippen molar-refractivity contribution in [1.82, 2.24) is 4.98 Å². The van der Waals surface area contributed by atoms with E-state index in [1.165, 1.54) is 5.56 Å². The summed E-state index contributed by atoms with van der Waals surface area (Å²) in [5.41, 5.74) is 9.29. The average molecular weight is 334 g/mol. The van der Waals surface area contributed by atoms with Gasteiger partial charge in [0.25, 0.3) is 0 Å². The van der Waals surface area contributed by atoms with Crippen LogP contribution in [-0.4, -0.2) is 12.0 Å². The van der Waals surface area contributed by atoms with Gasteiger partial charge in [-0.05, 0) is 36.2 Å². The summed E-state index contributed by atoms with van der Waals surface area (Å²) in [4.78, 5) is 6.63. The van der Waals surface area contributed by atoms with Gasteiger partial charge in [-0.3, -0.25) is 4.98 Å². The number of aromatic nitrogens is 1. The minimum Gasteiger partial charge on any atom is -0.369 e. The summed E-state index contributed by atoms with van der Waals surface area (Å²) in [5, 5.41) is 0. The average Bonchev–Trinajstić information content (AvgIpc) is 2.46. The Bertz CT molecular complexity index is 554. The summed E-state index contributed by atoms with van der Waals surface area (Å²) >= 11 is 3.50. The molecular formula is C16H20BrN3. The van der Waals surface area contributed by atoms with E-state index < -0.39 is 0 Å². The number of benzene rings is 1. The number of rotatable bonds is 5. The van der Waals surface area contributed by atoms with Gasteiger partial charge in [0, 0.05) is 24.1 Å². The third-order valence-electron chi connectivity index (χ3n) is 3.34. The second-order valence-electron chi connectivity index (χ2n) is 4.94. The van der Waals surface area contributed by atoms with Crippen molar-refractivity contribution in [1.29, 1.82) is 0 Å². The zero-order chi connectivity index (χ0) is 14.5. The maximum Gasteiger partial charge on any atom is 0.0572 e. The van der Waals surface area contributed by atoms with Crippen LogP contribution < -0.4 is 10.6 Å². The molecule has 0 spiro atoms. The molecule has 2 aromatic rings. The number of hydrogen-bond acceptors (Lipinski definition) is 3. The van der Waals surface area contributed by atoms with Crippen LogP contribution in [0.4, 0.5) is 5.69 Å². The molecule has 1 aromatic carbocycles. The van der Waals surface area contributed by atoms with E-state index in [0.29, 0.717) is 0 Å². The van der Waals surface area contributed by atoms with Crippen molar-refractivity contribution >= 4 is 21.6 Å². The topological polar surface area (TPSA) is 42.1 Å². The molecule has 0 saturated heterocycles. The maximum atomic E-state index is 5.98. The molecule has 0 saturated carbocycles. The summed E-state index contributed by atoms with van der Waals surface area (Å²) < 4.78 is 1.10. The lowest BCUT2D eigenvalue weighted by Gasteiger charge is -2.20. The molecule has 0 radical (unpaired) electrons. The molecule has 2 rings (SSSR count). The Morgan fingerprint density at radius 2 is 2.10 bits per heavy atom. The van der Waals surface area contributed by atoms with Gasteiger partial charge in [0.2, 0.25) is 0 Å². The van der Waals surface area contributed by atoms with Crippen molar-refractivity contribution in [2.45, 2.75) is 25.9 Å². The molecule has 2 N–H and O–H groups in total. The Balaban J connectivity index is 2.07. The number of hydrogen-bond donors (Lipinski definition) is 1.